The molecule has 1 aliphatic rings. The van der Waals surface area contributed by atoms with Crippen LogP contribution >= 0.6 is 11.3 Å². The Morgan fingerprint density at radius 3 is 2.83 bits per heavy atom. The van der Waals surface area contributed by atoms with E-state index in [9.17, 15) is 4.79 Å². The molecule has 1 aliphatic heterocycles. The summed E-state index contributed by atoms with van der Waals surface area (Å²) in [6.45, 7) is 5.42. The highest BCUT2D eigenvalue weighted by atomic mass is 32.1. The molecule has 2 heterocycles. The third kappa shape index (κ3) is 5.04. The van der Waals surface area contributed by atoms with Gasteiger partial charge in [0.2, 0.25) is 0 Å². The second-order valence-electron chi connectivity index (χ2n) is 6.25. The third-order valence-electron chi connectivity index (χ3n) is 4.17. The molecule has 0 unspecified atom stereocenters. The Labute approximate surface area is 146 Å². The predicted octanol–water partition coefficient (Wildman–Crippen LogP) is 3.39. The summed E-state index contributed by atoms with van der Waals surface area (Å²) in [5.41, 5.74) is 1.02. The monoisotopic (exact) mass is 345 g/mol. The average molecular weight is 345 g/mol. The molecule has 128 valence electrons. The van der Waals surface area contributed by atoms with Gasteiger partial charge in [0.15, 0.2) is 11.7 Å². The lowest BCUT2D eigenvalue weighted by Gasteiger charge is -2.29. The number of nitrogens with zero attached hydrogens (tertiary/aromatic N) is 2. The summed E-state index contributed by atoms with van der Waals surface area (Å²) in [6, 6.07) is 9.32. The van der Waals surface area contributed by atoms with E-state index in [0.29, 0.717) is 10.9 Å². The molecule has 6 heteroatoms. The van der Waals surface area contributed by atoms with Gasteiger partial charge in [-0.3, -0.25) is 15.0 Å². The van der Waals surface area contributed by atoms with Crippen molar-refractivity contribution >= 4 is 22.4 Å². The van der Waals surface area contributed by atoms with Crippen LogP contribution in [0.5, 0.6) is 5.75 Å². The molecule has 0 radical (unpaired) electrons. The topological polar surface area (TPSA) is 54.5 Å². The van der Waals surface area contributed by atoms with E-state index in [1.165, 1.54) is 24.2 Å². The lowest BCUT2D eigenvalue weighted by molar-refractivity contribution is -0.118. The van der Waals surface area contributed by atoms with E-state index in [2.05, 4.69) is 22.1 Å². The van der Waals surface area contributed by atoms with Gasteiger partial charge in [-0.05, 0) is 44.0 Å². The van der Waals surface area contributed by atoms with Crippen LogP contribution in [0.2, 0.25) is 0 Å². The van der Waals surface area contributed by atoms with E-state index in [-0.39, 0.29) is 12.5 Å². The number of piperidine rings is 1. The highest BCUT2D eigenvalue weighted by Gasteiger charge is 2.17. The number of benzene rings is 1. The quantitative estimate of drug-likeness (QED) is 0.872. The smallest absolute Gasteiger partial charge is 0.264 e. The summed E-state index contributed by atoms with van der Waals surface area (Å²) in [5, 5.41) is 5.46. The van der Waals surface area contributed by atoms with Crippen molar-refractivity contribution in [2.45, 2.75) is 26.3 Å². The van der Waals surface area contributed by atoms with E-state index in [4.69, 9.17) is 4.74 Å². The Bertz CT molecular complexity index is 651. The number of ether oxygens (including phenoxy) is 1. The van der Waals surface area contributed by atoms with Crippen molar-refractivity contribution in [3.05, 3.63) is 41.4 Å². The molecule has 1 saturated heterocycles. The number of nitrogens with one attached hydrogen (secondary N) is 1. The summed E-state index contributed by atoms with van der Waals surface area (Å²) in [4.78, 5) is 18.9. The maximum Gasteiger partial charge on any atom is 0.264 e. The minimum atomic E-state index is -0.188. The first-order valence-electron chi connectivity index (χ1n) is 8.33. The number of aromatic nitrogens is 1. The number of para-hydroxylation sites is 1. The number of hydrogen-bond donors (Lipinski definition) is 1. The number of hydrogen-bond acceptors (Lipinski definition) is 5. The van der Waals surface area contributed by atoms with Crippen LogP contribution in [-0.2, 0) is 11.3 Å². The molecular weight excluding hydrogens is 322 g/mol. The Hall–Kier alpha value is -1.92. The number of carbonyl (C=O) groups is 1. The van der Waals surface area contributed by atoms with Gasteiger partial charge in [0.05, 0.1) is 5.69 Å². The summed E-state index contributed by atoms with van der Waals surface area (Å²) in [6.07, 6.45) is 2.51. The Kier molecular flexibility index (Phi) is 5.82. The van der Waals surface area contributed by atoms with Gasteiger partial charge in [0.25, 0.3) is 5.91 Å². The van der Waals surface area contributed by atoms with Crippen LogP contribution in [0.1, 0.15) is 25.5 Å². The van der Waals surface area contributed by atoms with E-state index in [1.54, 1.807) is 0 Å². The fourth-order valence-electron chi connectivity index (χ4n) is 2.71. The third-order valence-corrected chi connectivity index (χ3v) is 4.98. The van der Waals surface area contributed by atoms with Crippen LogP contribution in [0, 0.1) is 5.92 Å². The predicted molar refractivity (Wildman–Crippen MR) is 96.4 cm³/mol. The summed E-state index contributed by atoms with van der Waals surface area (Å²) < 4.78 is 5.43. The second-order valence-corrected chi connectivity index (χ2v) is 7.11. The van der Waals surface area contributed by atoms with Gasteiger partial charge in [0.1, 0.15) is 5.75 Å². The molecule has 1 aromatic carbocycles. The van der Waals surface area contributed by atoms with E-state index >= 15 is 0 Å². The summed E-state index contributed by atoms with van der Waals surface area (Å²) in [5.74, 6) is 1.33. The number of rotatable bonds is 6. The van der Waals surface area contributed by atoms with Crippen LogP contribution in [0.4, 0.5) is 5.13 Å². The van der Waals surface area contributed by atoms with Crippen molar-refractivity contribution in [3.8, 4) is 5.75 Å². The molecular formula is C18H23N3O2S. The van der Waals surface area contributed by atoms with Crippen LogP contribution in [0.25, 0.3) is 0 Å². The minimum absolute atomic E-state index is 0.0110. The number of amides is 1. The van der Waals surface area contributed by atoms with Crippen molar-refractivity contribution < 1.29 is 9.53 Å². The first-order chi connectivity index (χ1) is 11.7. The molecule has 0 saturated carbocycles. The lowest BCUT2D eigenvalue weighted by Crippen LogP contribution is -2.32. The SMILES string of the molecule is CC1CCN(Cc2csc(NC(=O)COc3ccccc3)n2)CC1. The van der Waals surface area contributed by atoms with Crippen molar-refractivity contribution in [1.29, 1.82) is 0 Å². The van der Waals surface area contributed by atoms with Crippen LogP contribution < -0.4 is 10.1 Å². The molecule has 0 atom stereocenters. The highest BCUT2D eigenvalue weighted by molar-refractivity contribution is 7.13. The lowest BCUT2D eigenvalue weighted by atomic mass is 9.99. The fraction of sp³-hybridized carbons (Fsp3) is 0.444. The van der Waals surface area contributed by atoms with Crippen LogP contribution in [0.15, 0.2) is 35.7 Å². The maximum absolute atomic E-state index is 11.9. The Balaban J connectivity index is 1.44. The van der Waals surface area contributed by atoms with E-state index < -0.39 is 0 Å². The molecule has 5 nitrogen and oxygen atoms in total. The maximum atomic E-state index is 11.9. The summed E-state index contributed by atoms with van der Waals surface area (Å²) in [7, 11) is 0. The molecule has 1 fully saturated rings. The first kappa shape index (κ1) is 16.9. The van der Waals surface area contributed by atoms with Crippen molar-refractivity contribution in [3.63, 3.8) is 0 Å². The van der Waals surface area contributed by atoms with Gasteiger partial charge in [-0.2, -0.15) is 0 Å². The van der Waals surface area contributed by atoms with Crippen molar-refractivity contribution in [1.82, 2.24) is 9.88 Å². The molecule has 0 aliphatic carbocycles. The minimum Gasteiger partial charge on any atom is -0.484 e. The van der Waals surface area contributed by atoms with Gasteiger partial charge < -0.3 is 4.74 Å². The van der Waals surface area contributed by atoms with Crippen LogP contribution in [0.3, 0.4) is 0 Å². The van der Waals surface area contributed by atoms with Gasteiger partial charge >= 0.3 is 0 Å². The fourth-order valence-corrected chi connectivity index (χ4v) is 3.42. The zero-order valence-electron chi connectivity index (χ0n) is 13.9. The van der Waals surface area contributed by atoms with Gasteiger partial charge in [-0.15, -0.1) is 11.3 Å². The number of likely N-dealkylation sites (tertiary alicyclic amines) is 1. The normalized spacial score (nSPS) is 16.0. The van der Waals surface area contributed by atoms with Gasteiger partial charge in [-0.1, -0.05) is 25.1 Å². The van der Waals surface area contributed by atoms with Gasteiger partial charge in [0, 0.05) is 11.9 Å². The molecule has 0 bridgehead atoms. The molecule has 3 rings (SSSR count). The van der Waals surface area contributed by atoms with Gasteiger partial charge in [-0.25, -0.2) is 4.98 Å². The summed E-state index contributed by atoms with van der Waals surface area (Å²) >= 11 is 1.46. The number of carbonyl (C=O) groups excluding carboxylic acids is 1. The van der Waals surface area contributed by atoms with Crippen LogP contribution in [-0.4, -0.2) is 35.5 Å². The molecule has 24 heavy (non-hydrogen) atoms. The van der Waals surface area contributed by atoms with Crippen molar-refractivity contribution in [2.24, 2.45) is 5.92 Å². The zero-order valence-corrected chi connectivity index (χ0v) is 14.7. The van der Waals surface area contributed by atoms with E-state index in [0.717, 1.165) is 31.2 Å². The average Bonchev–Trinajstić information content (AvgIpc) is 3.03. The molecule has 1 amide bonds. The Morgan fingerprint density at radius 2 is 2.08 bits per heavy atom. The standard InChI is InChI=1S/C18H23N3O2S/c1-14-7-9-21(10-8-14)11-15-13-24-18(19-15)20-17(22)12-23-16-5-3-2-4-6-16/h2-6,13-14H,7-12H2,1H3,(H,19,20,22). The second kappa shape index (κ2) is 8.26. The largest absolute Gasteiger partial charge is 0.484 e. The highest BCUT2D eigenvalue weighted by Crippen LogP contribution is 2.21. The molecule has 0 spiro atoms. The van der Waals surface area contributed by atoms with Crippen molar-refractivity contribution in [2.75, 3.05) is 25.0 Å². The Morgan fingerprint density at radius 1 is 1.33 bits per heavy atom. The molecule has 1 aromatic heterocycles. The number of thiazole rings is 1. The zero-order chi connectivity index (χ0) is 16.8. The van der Waals surface area contributed by atoms with E-state index in [1.807, 2.05) is 35.7 Å². The number of anilines is 1. The first-order valence-corrected chi connectivity index (χ1v) is 9.21. The molecule has 2 aromatic rings. The molecule has 1 N–H and O–H groups in total.